The first-order valence-electron chi connectivity index (χ1n) is 5.84. The summed E-state index contributed by atoms with van der Waals surface area (Å²) in [5.41, 5.74) is -0.470. The van der Waals surface area contributed by atoms with Crippen LogP contribution in [0, 0.1) is 17.1 Å². The van der Waals surface area contributed by atoms with Crippen molar-refractivity contribution in [1.82, 2.24) is 4.72 Å². The van der Waals surface area contributed by atoms with Crippen LogP contribution < -0.4 is 4.72 Å². The minimum absolute atomic E-state index is 0.129. The van der Waals surface area contributed by atoms with Gasteiger partial charge in [-0.25, -0.2) is 17.5 Å². The van der Waals surface area contributed by atoms with Crippen LogP contribution in [0.4, 0.5) is 4.39 Å². The number of sulfonamides is 1. The maximum Gasteiger partial charge on any atom is 0.242 e. The van der Waals surface area contributed by atoms with E-state index in [0.717, 1.165) is 18.9 Å². The number of ether oxygens (including phenoxy) is 1. The van der Waals surface area contributed by atoms with E-state index in [-0.39, 0.29) is 17.5 Å². The SMILES string of the molecule is N#Cc1c(F)cccc1S(=O)(=O)NCC1CCCO1. The van der Waals surface area contributed by atoms with Crippen LogP contribution in [0.5, 0.6) is 0 Å². The summed E-state index contributed by atoms with van der Waals surface area (Å²) in [6.07, 6.45) is 1.53. The molecule has 1 saturated heterocycles. The number of nitrogens with zero attached hydrogens (tertiary/aromatic N) is 1. The average Bonchev–Trinajstić information content (AvgIpc) is 2.89. The van der Waals surface area contributed by atoms with Gasteiger partial charge in [0, 0.05) is 13.2 Å². The molecule has 1 aliphatic rings. The van der Waals surface area contributed by atoms with Gasteiger partial charge in [-0.05, 0) is 25.0 Å². The molecule has 1 fully saturated rings. The molecule has 0 aliphatic carbocycles. The van der Waals surface area contributed by atoms with E-state index in [0.29, 0.717) is 6.61 Å². The number of benzene rings is 1. The number of halogens is 1. The molecule has 0 bridgehead atoms. The van der Waals surface area contributed by atoms with E-state index in [1.54, 1.807) is 6.07 Å². The van der Waals surface area contributed by atoms with Gasteiger partial charge in [-0.2, -0.15) is 5.26 Å². The molecule has 1 heterocycles. The highest BCUT2D eigenvalue weighted by Crippen LogP contribution is 2.18. The van der Waals surface area contributed by atoms with E-state index in [4.69, 9.17) is 10.00 Å². The number of hydrogen-bond donors (Lipinski definition) is 1. The molecule has 5 nitrogen and oxygen atoms in total. The summed E-state index contributed by atoms with van der Waals surface area (Å²) < 4.78 is 45.1. The van der Waals surface area contributed by atoms with Gasteiger partial charge in [0.05, 0.1) is 6.10 Å². The van der Waals surface area contributed by atoms with Crippen LogP contribution in [0.2, 0.25) is 0 Å². The maximum absolute atomic E-state index is 13.4. The van der Waals surface area contributed by atoms with Gasteiger partial charge < -0.3 is 4.74 Å². The quantitative estimate of drug-likeness (QED) is 0.899. The zero-order valence-electron chi connectivity index (χ0n) is 10.1. The lowest BCUT2D eigenvalue weighted by Crippen LogP contribution is -2.32. The second-order valence-corrected chi connectivity index (χ2v) is 5.95. The van der Waals surface area contributed by atoms with Crippen molar-refractivity contribution in [2.24, 2.45) is 0 Å². The van der Waals surface area contributed by atoms with Gasteiger partial charge in [0.25, 0.3) is 0 Å². The molecule has 1 N–H and O–H groups in total. The van der Waals surface area contributed by atoms with Gasteiger partial charge in [0.1, 0.15) is 22.3 Å². The van der Waals surface area contributed by atoms with Crippen molar-refractivity contribution >= 4 is 10.0 Å². The van der Waals surface area contributed by atoms with Gasteiger partial charge in [-0.3, -0.25) is 0 Å². The van der Waals surface area contributed by atoms with Crippen LogP contribution in [0.1, 0.15) is 18.4 Å². The Bertz CT molecular complexity index is 604. The van der Waals surface area contributed by atoms with Crippen LogP contribution in [-0.2, 0) is 14.8 Å². The fourth-order valence-electron chi connectivity index (χ4n) is 1.92. The summed E-state index contributed by atoms with van der Waals surface area (Å²) in [6, 6.07) is 5.09. The van der Waals surface area contributed by atoms with E-state index in [1.165, 1.54) is 12.1 Å². The van der Waals surface area contributed by atoms with Crippen molar-refractivity contribution < 1.29 is 17.5 Å². The molecule has 1 unspecified atom stereocenters. The predicted molar refractivity (Wildman–Crippen MR) is 65.3 cm³/mol. The normalized spacial score (nSPS) is 19.3. The van der Waals surface area contributed by atoms with Crippen molar-refractivity contribution in [2.45, 2.75) is 23.8 Å². The second kappa shape index (κ2) is 5.65. The molecule has 1 atom stereocenters. The summed E-state index contributed by atoms with van der Waals surface area (Å²) in [5, 5.41) is 8.84. The Balaban J connectivity index is 2.20. The molecule has 1 aromatic rings. The Morgan fingerprint density at radius 2 is 2.32 bits per heavy atom. The lowest BCUT2D eigenvalue weighted by atomic mass is 10.2. The molecule has 1 aromatic carbocycles. The summed E-state index contributed by atoms with van der Waals surface area (Å²) in [7, 11) is -3.91. The monoisotopic (exact) mass is 284 g/mol. The molecular weight excluding hydrogens is 271 g/mol. The number of nitriles is 1. The number of rotatable bonds is 4. The fourth-order valence-corrected chi connectivity index (χ4v) is 3.15. The van der Waals surface area contributed by atoms with Gasteiger partial charge in [-0.1, -0.05) is 6.07 Å². The summed E-state index contributed by atoms with van der Waals surface area (Å²) in [4.78, 5) is -0.340. The van der Waals surface area contributed by atoms with Crippen molar-refractivity contribution in [3.8, 4) is 6.07 Å². The molecule has 102 valence electrons. The molecular formula is C12H13FN2O3S. The first-order chi connectivity index (χ1) is 9.04. The highest BCUT2D eigenvalue weighted by molar-refractivity contribution is 7.89. The van der Waals surface area contributed by atoms with Gasteiger partial charge in [0.2, 0.25) is 10.0 Å². The highest BCUT2D eigenvalue weighted by atomic mass is 32.2. The third-order valence-corrected chi connectivity index (χ3v) is 4.37. The molecule has 0 spiro atoms. The fraction of sp³-hybridized carbons (Fsp3) is 0.417. The van der Waals surface area contributed by atoms with Crippen molar-refractivity contribution in [2.75, 3.05) is 13.2 Å². The molecule has 2 rings (SSSR count). The second-order valence-electron chi connectivity index (χ2n) is 4.21. The minimum atomic E-state index is -3.91. The molecule has 0 amide bonds. The Kier molecular flexibility index (Phi) is 4.14. The van der Waals surface area contributed by atoms with E-state index in [1.807, 2.05) is 0 Å². The lowest BCUT2D eigenvalue weighted by Gasteiger charge is -2.12. The van der Waals surface area contributed by atoms with Crippen LogP contribution in [0.3, 0.4) is 0 Å². The molecule has 19 heavy (non-hydrogen) atoms. The summed E-state index contributed by atoms with van der Waals surface area (Å²) in [5.74, 6) is -0.845. The third kappa shape index (κ3) is 3.10. The third-order valence-electron chi connectivity index (χ3n) is 2.90. The number of hydrogen-bond acceptors (Lipinski definition) is 4. The first kappa shape index (κ1) is 13.9. The Morgan fingerprint density at radius 3 is 2.95 bits per heavy atom. The van der Waals surface area contributed by atoms with Crippen molar-refractivity contribution in [3.05, 3.63) is 29.6 Å². The maximum atomic E-state index is 13.4. The molecule has 0 radical (unpaired) electrons. The van der Waals surface area contributed by atoms with E-state index in [2.05, 4.69) is 4.72 Å². The molecule has 1 aliphatic heterocycles. The first-order valence-corrected chi connectivity index (χ1v) is 7.33. The number of nitrogens with one attached hydrogen (secondary N) is 1. The Labute approximate surface area is 111 Å². The smallest absolute Gasteiger partial charge is 0.242 e. The standard InChI is InChI=1S/C12H13FN2O3S/c13-11-4-1-5-12(10(11)7-14)19(16,17)15-8-9-3-2-6-18-9/h1,4-5,9,15H,2-3,6,8H2. The Morgan fingerprint density at radius 1 is 1.53 bits per heavy atom. The Hall–Kier alpha value is -1.49. The predicted octanol–water partition coefficient (Wildman–Crippen LogP) is 1.15. The minimum Gasteiger partial charge on any atom is -0.377 e. The molecule has 7 heteroatoms. The van der Waals surface area contributed by atoms with Crippen LogP contribution in [0.25, 0.3) is 0 Å². The molecule has 0 aromatic heterocycles. The summed E-state index contributed by atoms with van der Waals surface area (Å²) in [6.45, 7) is 0.750. The van der Waals surface area contributed by atoms with E-state index in [9.17, 15) is 12.8 Å². The summed E-state index contributed by atoms with van der Waals surface area (Å²) >= 11 is 0. The average molecular weight is 284 g/mol. The zero-order chi connectivity index (χ0) is 13.9. The van der Waals surface area contributed by atoms with Crippen molar-refractivity contribution in [3.63, 3.8) is 0 Å². The highest BCUT2D eigenvalue weighted by Gasteiger charge is 2.23. The van der Waals surface area contributed by atoms with Crippen LogP contribution in [-0.4, -0.2) is 27.7 Å². The van der Waals surface area contributed by atoms with Crippen LogP contribution in [0.15, 0.2) is 23.1 Å². The molecule has 0 saturated carbocycles. The van der Waals surface area contributed by atoms with Crippen molar-refractivity contribution in [1.29, 1.82) is 5.26 Å². The zero-order valence-corrected chi connectivity index (χ0v) is 10.9. The van der Waals surface area contributed by atoms with E-state index >= 15 is 0 Å². The largest absolute Gasteiger partial charge is 0.377 e. The van der Waals surface area contributed by atoms with Gasteiger partial charge >= 0.3 is 0 Å². The van der Waals surface area contributed by atoms with Gasteiger partial charge in [0.15, 0.2) is 0 Å². The van der Waals surface area contributed by atoms with Crippen LogP contribution >= 0.6 is 0 Å². The van der Waals surface area contributed by atoms with Gasteiger partial charge in [-0.15, -0.1) is 0 Å². The van der Waals surface area contributed by atoms with E-state index < -0.39 is 21.4 Å². The lowest BCUT2D eigenvalue weighted by molar-refractivity contribution is 0.114. The topological polar surface area (TPSA) is 79.2 Å².